The summed E-state index contributed by atoms with van der Waals surface area (Å²) in [7, 11) is 0. The van der Waals surface area contributed by atoms with Crippen molar-refractivity contribution in [3.8, 4) is 0 Å². The van der Waals surface area contributed by atoms with Crippen LogP contribution in [0.25, 0.3) is 6.08 Å². The van der Waals surface area contributed by atoms with Gasteiger partial charge in [-0.25, -0.2) is 0 Å². The molecule has 1 aliphatic carbocycles. The topological polar surface area (TPSA) is 17.1 Å². The summed E-state index contributed by atoms with van der Waals surface area (Å²) in [6, 6.07) is 8.00. The third-order valence-electron chi connectivity index (χ3n) is 2.69. The zero-order chi connectivity index (χ0) is 10.7. The lowest BCUT2D eigenvalue weighted by Gasteiger charge is -2.12. The van der Waals surface area contributed by atoms with Gasteiger partial charge >= 0.3 is 0 Å². The van der Waals surface area contributed by atoms with Crippen molar-refractivity contribution in [1.29, 1.82) is 0 Å². The molecule has 0 amide bonds. The van der Waals surface area contributed by atoms with Gasteiger partial charge in [0.15, 0.2) is 5.78 Å². The van der Waals surface area contributed by atoms with Gasteiger partial charge in [-0.05, 0) is 42.5 Å². The van der Waals surface area contributed by atoms with Crippen LogP contribution in [-0.4, -0.2) is 5.78 Å². The third kappa shape index (κ3) is 2.57. The third-order valence-corrected chi connectivity index (χ3v) is 3.42. The molecule has 1 nitrogen and oxygen atoms in total. The van der Waals surface area contributed by atoms with Crippen LogP contribution in [0.2, 0.25) is 0 Å². The highest BCUT2D eigenvalue weighted by atomic mass is 79.9. The largest absolute Gasteiger partial charge is 0.295 e. The van der Waals surface area contributed by atoms with Gasteiger partial charge in [-0.1, -0.05) is 34.1 Å². The quantitative estimate of drug-likeness (QED) is 0.702. The Morgan fingerprint density at radius 1 is 1.13 bits per heavy atom. The van der Waals surface area contributed by atoms with E-state index in [4.69, 9.17) is 0 Å². The molecule has 0 unspecified atom stereocenters. The molecule has 1 fully saturated rings. The number of hydrogen-bond donors (Lipinski definition) is 0. The van der Waals surface area contributed by atoms with E-state index in [1.54, 1.807) is 0 Å². The summed E-state index contributed by atoms with van der Waals surface area (Å²) in [6.45, 7) is 0. The molecule has 0 bridgehead atoms. The smallest absolute Gasteiger partial charge is 0.158 e. The normalized spacial score (nSPS) is 19.5. The lowest BCUT2D eigenvalue weighted by atomic mass is 9.92. The molecule has 78 valence electrons. The van der Waals surface area contributed by atoms with Gasteiger partial charge in [0.2, 0.25) is 0 Å². The van der Waals surface area contributed by atoms with Gasteiger partial charge < -0.3 is 0 Å². The van der Waals surface area contributed by atoms with Crippen LogP contribution < -0.4 is 0 Å². The van der Waals surface area contributed by atoms with Crippen molar-refractivity contribution in [2.75, 3.05) is 0 Å². The maximum atomic E-state index is 11.6. The average molecular weight is 265 g/mol. The number of carbonyl (C=O) groups excluding carboxylic acids is 1. The van der Waals surface area contributed by atoms with Crippen LogP contribution in [0.4, 0.5) is 0 Å². The molecule has 1 aromatic rings. The Morgan fingerprint density at radius 3 is 2.60 bits per heavy atom. The Balaban J connectivity index is 2.29. The van der Waals surface area contributed by atoms with E-state index in [1.807, 2.05) is 30.3 Å². The van der Waals surface area contributed by atoms with Gasteiger partial charge in [-0.2, -0.15) is 0 Å². The second-order valence-electron chi connectivity index (χ2n) is 3.82. The Kier molecular flexibility index (Phi) is 3.37. The van der Waals surface area contributed by atoms with E-state index < -0.39 is 0 Å². The SMILES string of the molecule is O=C1CCCCC1=Cc1ccccc1Br. The molecule has 0 aromatic heterocycles. The number of ketones is 1. The van der Waals surface area contributed by atoms with Crippen molar-refractivity contribution in [1.82, 2.24) is 0 Å². The number of halogens is 1. The van der Waals surface area contributed by atoms with Crippen LogP contribution in [0.3, 0.4) is 0 Å². The molecule has 0 spiro atoms. The fraction of sp³-hybridized carbons (Fsp3) is 0.308. The van der Waals surface area contributed by atoms with E-state index >= 15 is 0 Å². The van der Waals surface area contributed by atoms with E-state index in [2.05, 4.69) is 15.9 Å². The Morgan fingerprint density at radius 2 is 1.87 bits per heavy atom. The standard InChI is InChI=1S/C13H13BrO/c14-12-7-3-1-5-10(12)9-11-6-2-4-8-13(11)15/h1,3,5,7,9H,2,4,6,8H2. The summed E-state index contributed by atoms with van der Waals surface area (Å²) in [5.74, 6) is 0.317. The van der Waals surface area contributed by atoms with E-state index in [0.717, 1.165) is 41.3 Å². The molecule has 0 heterocycles. The highest BCUT2D eigenvalue weighted by Crippen LogP contribution is 2.25. The van der Waals surface area contributed by atoms with Crippen LogP contribution >= 0.6 is 15.9 Å². The minimum absolute atomic E-state index is 0.317. The lowest BCUT2D eigenvalue weighted by Crippen LogP contribution is -2.07. The molecule has 1 aromatic carbocycles. The molecule has 0 N–H and O–H groups in total. The van der Waals surface area contributed by atoms with Crippen LogP contribution in [0.1, 0.15) is 31.2 Å². The van der Waals surface area contributed by atoms with Gasteiger partial charge in [-0.15, -0.1) is 0 Å². The monoisotopic (exact) mass is 264 g/mol. The lowest BCUT2D eigenvalue weighted by molar-refractivity contribution is -0.116. The summed E-state index contributed by atoms with van der Waals surface area (Å²) in [5.41, 5.74) is 2.08. The highest BCUT2D eigenvalue weighted by Gasteiger charge is 2.14. The van der Waals surface area contributed by atoms with Crippen molar-refractivity contribution in [3.05, 3.63) is 39.9 Å². The molecule has 2 rings (SSSR count). The van der Waals surface area contributed by atoms with Gasteiger partial charge in [0, 0.05) is 10.9 Å². The first kappa shape index (κ1) is 10.6. The number of allylic oxidation sites excluding steroid dienone is 1. The van der Waals surface area contributed by atoms with Crippen LogP contribution in [0.5, 0.6) is 0 Å². The molecular weight excluding hydrogens is 252 g/mol. The minimum Gasteiger partial charge on any atom is -0.295 e. The van der Waals surface area contributed by atoms with Crippen molar-refractivity contribution < 1.29 is 4.79 Å². The van der Waals surface area contributed by atoms with E-state index in [0.29, 0.717) is 5.78 Å². The number of benzene rings is 1. The highest BCUT2D eigenvalue weighted by molar-refractivity contribution is 9.10. The van der Waals surface area contributed by atoms with Crippen molar-refractivity contribution in [2.45, 2.75) is 25.7 Å². The second kappa shape index (κ2) is 4.75. The average Bonchev–Trinajstić information content (AvgIpc) is 2.24. The predicted molar refractivity (Wildman–Crippen MR) is 65.6 cm³/mol. The van der Waals surface area contributed by atoms with Crippen molar-refractivity contribution >= 4 is 27.8 Å². The van der Waals surface area contributed by atoms with Crippen LogP contribution in [0.15, 0.2) is 34.3 Å². The second-order valence-corrected chi connectivity index (χ2v) is 4.68. The van der Waals surface area contributed by atoms with Crippen molar-refractivity contribution in [3.63, 3.8) is 0 Å². The summed E-state index contributed by atoms with van der Waals surface area (Å²) in [5, 5.41) is 0. The van der Waals surface area contributed by atoms with Gasteiger partial charge in [0.1, 0.15) is 0 Å². The van der Waals surface area contributed by atoms with Gasteiger partial charge in [-0.3, -0.25) is 4.79 Å². The summed E-state index contributed by atoms with van der Waals surface area (Å²) in [6.07, 6.45) is 5.86. The molecule has 0 radical (unpaired) electrons. The Bertz CT molecular complexity index is 407. The maximum absolute atomic E-state index is 11.6. The first-order valence-electron chi connectivity index (χ1n) is 5.25. The zero-order valence-corrected chi connectivity index (χ0v) is 10.1. The fourth-order valence-corrected chi connectivity index (χ4v) is 2.23. The molecule has 2 heteroatoms. The molecule has 0 atom stereocenters. The minimum atomic E-state index is 0.317. The molecule has 0 aliphatic heterocycles. The van der Waals surface area contributed by atoms with Gasteiger partial charge in [0.25, 0.3) is 0 Å². The number of Topliss-reactive ketones (excluding diaryl/α,β-unsaturated/α-hetero) is 1. The van der Waals surface area contributed by atoms with Gasteiger partial charge in [0.05, 0.1) is 0 Å². The summed E-state index contributed by atoms with van der Waals surface area (Å²) >= 11 is 3.49. The van der Waals surface area contributed by atoms with Crippen LogP contribution in [-0.2, 0) is 4.79 Å². The summed E-state index contributed by atoms with van der Waals surface area (Å²) in [4.78, 5) is 11.6. The molecular formula is C13H13BrO. The van der Waals surface area contributed by atoms with Crippen LogP contribution in [0, 0.1) is 0 Å². The number of carbonyl (C=O) groups is 1. The molecule has 15 heavy (non-hydrogen) atoms. The van der Waals surface area contributed by atoms with E-state index in [-0.39, 0.29) is 0 Å². The number of hydrogen-bond acceptors (Lipinski definition) is 1. The van der Waals surface area contributed by atoms with E-state index in [1.165, 1.54) is 0 Å². The number of rotatable bonds is 1. The predicted octanol–water partition coefficient (Wildman–Crippen LogP) is 3.98. The maximum Gasteiger partial charge on any atom is 0.158 e. The Labute approximate surface area is 98.3 Å². The molecule has 1 aliphatic rings. The summed E-state index contributed by atoms with van der Waals surface area (Å²) < 4.78 is 1.05. The first-order chi connectivity index (χ1) is 7.27. The molecule has 0 saturated heterocycles. The zero-order valence-electron chi connectivity index (χ0n) is 8.50. The van der Waals surface area contributed by atoms with Crippen molar-refractivity contribution in [2.24, 2.45) is 0 Å². The first-order valence-corrected chi connectivity index (χ1v) is 6.05. The fourth-order valence-electron chi connectivity index (χ4n) is 1.83. The molecule has 1 saturated carbocycles. The Hall–Kier alpha value is -0.890. The van der Waals surface area contributed by atoms with E-state index in [9.17, 15) is 4.79 Å².